The molecule has 0 radical (unpaired) electrons. The molecule has 4 nitrogen and oxygen atoms in total. The normalized spacial score (nSPS) is 13.8. The van der Waals surface area contributed by atoms with Crippen molar-refractivity contribution in [3.05, 3.63) is 36.7 Å². The Morgan fingerprint density at radius 2 is 1.00 bits per heavy atom. The Bertz CT molecular complexity index is 1340. The van der Waals surface area contributed by atoms with Crippen molar-refractivity contribution in [2.24, 2.45) is 0 Å². The molecule has 0 aliphatic carbocycles. The predicted octanol–water partition coefficient (Wildman–Crippen LogP) is 12.7. The maximum absolute atomic E-state index is 14.2. The number of aromatic nitrogens is 2. The van der Waals surface area contributed by atoms with E-state index in [1.807, 2.05) is 24.3 Å². The van der Waals surface area contributed by atoms with Crippen molar-refractivity contribution in [3.8, 4) is 22.9 Å². The molecule has 0 bridgehead atoms. The molecule has 2 aromatic rings. The molecule has 0 saturated heterocycles. The lowest BCUT2D eigenvalue weighted by Gasteiger charge is -2.40. The van der Waals surface area contributed by atoms with E-state index >= 15 is 0 Å². The van der Waals surface area contributed by atoms with Crippen LogP contribution < -0.4 is 9.47 Å². The van der Waals surface area contributed by atoms with E-state index in [0.717, 1.165) is 24.2 Å². The van der Waals surface area contributed by atoms with E-state index in [1.165, 1.54) is 64.0 Å². The molecule has 0 amide bonds. The Balaban J connectivity index is 1.79. The van der Waals surface area contributed by atoms with Crippen LogP contribution in [0.5, 0.6) is 11.5 Å². The zero-order valence-electron chi connectivity index (χ0n) is 29.2. The second kappa shape index (κ2) is 18.5. The molecule has 0 aliphatic heterocycles. The first-order valence-corrected chi connectivity index (χ1v) is 20.5. The van der Waals surface area contributed by atoms with Gasteiger partial charge in [-0.25, -0.2) is 9.97 Å². The summed E-state index contributed by atoms with van der Waals surface area (Å²) in [4.78, 5) is 8.53. The van der Waals surface area contributed by atoms with Crippen LogP contribution >= 0.6 is 0 Å². The molecular formula is C34H45F13N2O2Si. The first-order chi connectivity index (χ1) is 23.9. The van der Waals surface area contributed by atoms with Crippen LogP contribution in [0.15, 0.2) is 36.7 Å². The third-order valence-corrected chi connectivity index (χ3v) is 11.9. The van der Waals surface area contributed by atoms with Crippen LogP contribution in [-0.2, 0) is 0 Å². The van der Waals surface area contributed by atoms with Crippen LogP contribution in [0.4, 0.5) is 57.1 Å². The lowest BCUT2D eigenvalue weighted by atomic mass is 9.93. The molecule has 0 N–H and O–H groups in total. The van der Waals surface area contributed by atoms with Gasteiger partial charge in [-0.05, 0) is 37.1 Å². The number of alkyl halides is 13. The quantitative estimate of drug-likeness (QED) is 0.0604. The number of hydrogen-bond acceptors (Lipinski definition) is 4. The number of benzene rings is 1. The summed E-state index contributed by atoms with van der Waals surface area (Å²) >= 11 is 0. The van der Waals surface area contributed by atoms with Crippen molar-refractivity contribution in [2.75, 3.05) is 13.2 Å². The fourth-order valence-electron chi connectivity index (χ4n) is 5.14. The van der Waals surface area contributed by atoms with E-state index in [-0.39, 0.29) is 12.7 Å². The molecule has 0 spiro atoms. The summed E-state index contributed by atoms with van der Waals surface area (Å²) in [5.74, 6) is -35.2. The minimum absolute atomic E-state index is 0.0982. The molecule has 0 saturated carbocycles. The summed E-state index contributed by atoms with van der Waals surface area (Å²) in [5, 5.41) is 0. The lowest BCUT2D eigenvalue weighted by Crippen LogP contribution is -2.70. The Hall–Kier alpha value is -2.79. The maximum atomic E-state index is 14.2. The van der Waals surface area contributed by atoms with Crippen LogP contribution in [0, 0.1) is 0 Å². The maximum Gasteiger partial charge on any atom is 0.460 e. The van der Waals surface area contributed by atoms with Crippen molar-refractivity contribution in [1.82, 2.24) is 9.97 Å². The highest BCUT2D eigenvalue weighted by Gasteiger charge is 2.90. The van der Waals surface area contributed by atoms with Crippen LogP contribution in [0.1, 0.15) is 77.6 Å². The van der Waals surface area contributed by atoms with Gasteiger partial charge >= 0.3 is 35.8 Å². The zero-order chi connectivity index (χ0) is 39.5. The van der Waals surface area contributed by atoms with E-state index in [1.54, 1.807) is 0 Å². The van der Waals surface area contributed by atoms with Gasteiger partial charge in [-0.3, -0.25) is 0 Å². The van der Waals surface area contributed by atoms with Crippen molar-refractivity contribution >= 4 is 8.07 Å². The molecule has 1 aromatic carbocycles. The highest BCUT2D eigenvalue weighted by atomic mass is 28.3. The van der Waals surface area contributed by atoms with E-state index in [0.29, 0.717) is 31.0 Å². The Kier molecular flexibility index (Phi) is 16.1. The first-order valence-electron chi connectivity index (χ1n) is 17.1. The van der Waals surface area contributed by atoms with Gasteiger partial charge in [-0.15, -0.1) is 0 Å². The molecule has 298 valence electrons. The van der Waals surface area contributed by atoms with Gasteiger partial charge in [0.2, 0.25) is 0 Å². The fraction of sp³-hybridized carbons (Fsp3) is 0.706. The Morgan fingerprint density at radius 3 is 1.52 bits per heavy atom. The van der Waals surface area contributed by atoms with E-state index in [2.05, 4.69) is 16.9 Å². The average Bonchev–Trinajstić information content (AvgIpc) is 3.06. The van der Waals surface area contributed by atoms with Crippen molar-refractivity contribution in [1.29, 1.82) is 0 Å². The van der Waals surface area contributed by atoms with Gasteiger partial charge in [-0.1, -0.05) is 83.5 Å². The fourth-order valence-corrected chi connectivity index (χ4v) is 7.59. The summed E-state index contributed by atoms with van der Waals surface area (Å²) in [6, 6.07) is 6.57. The van der Waals surface area contributed by atoms with Gasteiger partial charge in [0.25, 0.3) is 0 Å². The second-order valence-electron chi connectivity index (χ2n) is 13.6. The summed E-state index contributed by atoms with van der Waals surface area (Å²) in [5.41, 5.74) is 0.734. The smallest absolute Gasteiger partial charge is 0.460 e. The second-order valence-corrected chi connectivity index (χ2v) is 18.9. The number of ether oxygens (including phenoxy) is 2. The zero-order valence-corrected chi connectivity index (χ0v) is 30.2. The largest absolute Gasteiger partial charge is 0.494 e. The van der Waals surface area contributed by atoms with Gasteiger partial charge in [0.05, 0.1) is 25.6 Å². The number of nitrogens with zero attached hydrogens (tertiary/aromatic N) is 2. The third-order valence-electron chi connectivity index (χ3n) is 8.64. The molecule has 52 heavy (non-hydrogen) atoms. The van der Waals surface area contributed by atoms with Gasteiger partial charge in [0.15, 0.2) is 11.6 Å². The number of hydrogen-bond donors (Lipinski definition) is 0. The predicted molar refractivity (Wildman–Crippen MR) is 173 cm³/mol. The molecule has 0 aliphatic rings. The van der Waals surface area contributed by atoms with E-state index < -0.39 is 56.3 Å². The Labute approximate surface area is 295 Å². The lowest BCUT2D eigenvalue weighted by molar-refractivity contribution is -0.439. The van der Waals surface area contributed by atoms with Gasteiger partial charge in [-0.2, -0.15) is 57.1 Å². The highest BCUT2D eigenvalue weighted by molar-refractivity contribution is 6.77. The molecule has 1 heterocycles. The van der Waals surface area contributed by atoms with Gasteiger partial charge < -0.3 is 9.47 Å². The van der Waals surface area contributed by atoms with E-state index in [9.17, 15) is 57.1 Å². The minimum atomic E-state index is -7.88. The molecule has 1 aromatic heterocycles. The van der Waals surface area contributed by atoms with Crippen LogP contribution in [-0.4, -0.2) is 67.0 Å². The summed E-state index contributed by atoms with van der Waals surface area (Å²) in [6.07, 6.45) is 3.51. The molecule has 0 atom stereocenters. The Morgan fingerprint density at radius 1 is 0.538 bits per heavy atom. The summed E-state index contributed by atoms with van der Waals surface area (Å²) in [7, 11) is -2.92. The van der Waals surface area contributed by atoms with E-state index in [4.69, 9.17) is 9.47 Å². The van der Waals surface area contributed by atoms with Crippen molar-refractivity contribution in [2.45, 2.75) is 139 Å². The molecule has 2 rings (SSSR count). The van der Waals surface area contributed by atoms with Gasteiger partial charge in [0.1, 0.15) is 5.75 Å². The van der Waals surface area contributed by atoms with Crippen LogP contribution in [0.25, 0.3) is 11.4 Å². The number of halogens is 13. The molecule has 18 heteroatoms. The van der Waals surface area contributed by atoms with Crippen molar-refractivity contribution < 1.29 is 66.5 Å². The minimum Gasteiger partial charge on any atom is -0.494 e. The number of rotatable bonds is 24. The van der Waals surface area contributed by atoms with Crippen molar-refractivity contribution in [3.63, 3.8) is 0 Å². The summed E-state index contributed by atoms with van der Waals surface area (Å²) < 4.78 is 185. The molecular weight excluding hydrogens is 743 g/mol. The van der Waals surface area contributed by atoms with Crippen LogP contribution in [0.3, 0.4) is 0 Å². The highest BCUT2D eigenvalue weighted by Crippen LogP contribution is 2.61. The molecule has 0 unspecified atom stereocenters. The summed E-state index contributed by atoms with van der Waals surface area (Å²) in [6.45, 7) is 5.74. The average molecular weight is 789 g/mol. The molecule has 0 fully saturated rings. The topological polar surface area (TPSA) is 44.2 Å². The first kappa shape index (κ1) is 45.4. The number of unbranched alkanes of at least 4 members (excludes halogenated alkanes) is 8. The van der Waals surface area contributed by atoms with Gasteiger partial charge in [0, 0.05) is 20.1 Å². The SMILES string of the molecule is CCCCCCCCCCOc1ccc(-c2ncc(OCCCC[Si](C)(C)CCC(F)(F)C(F)(F)C(F)(F)C(F)(F)C(F)(F)C(F)(F)F)cn2)cc1. The van der Waals surface area contributed by atoms with Crippen LogP contribution in [0.2, 0.25) is 25.2 Å². The monoisotopic (exact) mass is 788 g/mol. The standard InChI is InChI=1S/C34H45F13N2O2Si/c1-4-5-6-7-8-9-10-11-19-50-26-16-14-25(15-17-26)28-48-23-27(24-49-28)51-20-12-13-21-52(2,3)22-18-29(35,36)30(37,38)31(39,40)32(41,42)33(43,44)34(45,46)47/h14-17,23-24H,4-13,18-22H2,1-3H3. The third kappa shape index (κ3) is 11.6.